The molecule has 1 aromatic heterocycles. The summed E-state index contributed by atoms with van der Waals surface area (Å²) in [5.41, 5.74) is 1.60. The lowest BCUT2D eigenvalue weighted by Crippen LogP contribution is -2.41. The van der Waals surface area contributed by atoms with E-state index in [0.717, 1.165) is 42.6 Å². The van der Waals surface area contributed by atoms with Gasteiger partial charge in [-0.3, -0.25) is 0 Å². The summed E-state index contributed by atoms with van der Waals surface area (Å²) >= 11 is 0. The van der Waals surface area contributed by atoms with E-state index in [1.165, 1.54) is 18.9 Å². The lowest BCUT2D eigenvalue weighted by atomic mass is 10.0. The van der Waals surface area contributed by atoms with E-state index in [0.29, 0.717) is 6.04 Å². The van der Waals surface area contributed by atoms with Crippen LogP contribution in [0.3, 0.4) is 0 Å². The average molecular weight is 286 g/mol. The van der Waals surface area contributed by atoms with Crippen molar-refractivity contribution in [3.8, 4) is 0 Å². The molecule has 2 aromatic rings. The van der Waals surface area contributed by atoms with Crippen LogP contribution in [0.25, 0.3) is 11.0 Å². The van der Waals surface area contributed by atoms with Gasteiger partial charge in [-0.15, -0.1) is 0 Å². The Labute approximate surface area is 124 Å². The van der Waals surface area contributed by atoms with Crippen molar-refractivity contribution < 1.29 is 4.42 Å². The summed E-state index contributed by atoms with van der Waals surface area (Å²) in [5.74, 6) is 0. The first kappa shape index (κ1) is 14.3. The minimum absolute atomic E-state index is 0.273. The first-order valence-electron chi connectivity index (χ1n) is 7.67. The molecular weight excluding hydrogens is 264 g/mol. The maximum atomic E-state index is 11.4. The third-order valence-electron chi connectivity index (χ3n) is 4.42. The van der Waals surface area contributed by atoms with Crippen LogP contribution in [0.1, 0.15) is 18.4 Å². The second kappa shape index (κ2) is 6.41. The van der Waals surface area contributed by atoms with E-state index < -0.39 is 0 Å². The first-order chi connectivity index (χ1) is 10.3. The van der Waals surface area contributed by atoms with E-state index in [2.05, 4.69) is 16.3 Å². The molecule has 1 aromatic carbocycles. The van der Waals surface area contributed by atoms with Crippen molar-refractivity contribution in [2.45, 2.75) is 25.3 Å². The number of piperidine rings is 1. The Kier molecular flexibility index (Phi) is 4.36. The molecule has 0 spiro atoms. The highest BCUT2D eigenvalue weighted by molar-refractivity contribution is 5.79. The zero-order valence-electron chi connectivity index (χ0n) is 12.5. The van der Waals surface area contributed by atoms with Crippen LogP contribution in [-0.4, -0.2) is 37.6 Å². The highest BCUT2D eigenvalue weighted by atomic mass is 16.4. The molecule has 3 rings (SSSR count). The summed E-state index contributed by atoms with van der Waals surface area (Å²) < 4.78 is 5.38. The molecule has 1 N–H and O–H groups in total. The monoisotopic (exact) mass is 286 g/mol. The Hall–Kier alpha value is -1.65. The Morgan fingerprint density at radius 1 is 1.24 bits per heavy atom. The Morgan fingerprint density at radius 2 is 2.05 bits per heavy atom. The van der Waals surface area contributed by atoms with Gasteiger partial charge >= 0.3 is 5.63 Å². The molecule has 21 heavy (non-hydrogen) atoms. The molecule has 0 saturated carbocycles. The van der Waals surface area contributed by atoms with E-state index >= 15 is 0 Å². The van der Waals surface area contributed by atoms with Gasteiger partial charge in [0.25, 0.3) is 0 Å². The minimum Gasteiger partial charge on any atom is -0.422 e. The van der Waals surface area contributed by atoms with Crippen LogP contribution in [0, 0.1) is 0 Å². The van der Waals surface area contributed by atoms with E-state index in [4.69, 9.17) is 4.42 Å². The number of hydrogen-bond donors (Lipinski definition) is 1. The smallest absolute Gasteiger partial charge is 0.336 e. The van der Waals surface area contributed by atoms with Crippen molar-refractivity contribution in [3.05, 3.63) is 46.3 Å². The van der Waals surface area contributed by atoms with Crippen LogP contribution in [0.2, 0.25) is 0 Å². The molecular formula is C17H22N2O2. The Bertz CT molecular complexity index is 657. The largest absolute Gasteiger partial charge is 0.422 e. The van der Waals surface area contributed by atoms with Gasteiger partial charge in [-0.2, -0.15) is 0 Å². The number of nitrogens with one attached hydrogen (secondary N) is 1. The molecule has 1 fully saturated rings. The van der Waals surface area contributed by atoms with Crippen LogP contribution in [0.4, 0.5) is 0 Å². The number of likely N-dealkylation sites (tertiary alicyclic amines) is 1. The van der Waals surface area contributed by atoms with Crippen molar-refractivity contribution in [1.82, 2.24) is 10.2 Å². The summed E-state index contributed by atoms with van der Waals surface area (Å²) in [6.07, 6.45) is 3.34. The van der Waals surface area contributed by atoms with E-state index in [1.807, 2.05) is 25.2 Å². The molecule has 0 aliphatic carbocycles. The third-order valence-corrected chi connectivity index (χ3v) is 4.42. The minimum atomic E-state index is -0.273. The maximum absolute atomic E-state index is 11.4. The normalized spacial score (nSPS) is 17.4. The number of para-hydroxylation sites is 1. The molecule has 4 nitrogen and oxygen atoms in total. The van der Waals surface area contributed by atoms with Gasteiger partial charge in [0, 0.05) is 24.0 Å². The molecule has 0 bridgehead atoms. The Balaban J connectivity index is 1.68. The molecule has 0 unspecified atom stereocenters. The number of nitrogens with zero attached hydrogens (tertiary/aromatic N) is 1. The van der Waals surface area contributed by atoms with Gasteiger partial charge in [0.05, 0.1) is 0 Å². The van der Waals surface area contributed by atoms with Crippen LogP contribution in [0.15, 0.2) is 39.5 Å². The van der Waals surface area contributed by atoms with Gasteiger partial charge in [0.15, 0.2) is 0 Å². The summed E-state index contributed by atoms with van der Waals surface area (Å²) in [5, 5.41) is 4.35. The average Bonchev–Trinajstić information content (AvgIpc) is 2.53. The molecule has 1 aliphatic heterocycles. The molecule has 2 heterocycles. The lowest BCUT2D eigenvalue weighted by molar-refractivity contribution is 0.204. The van der Waals surface area contributed by atoms with Crippen LogP contribution < -0.4 is 10.9 Å². The predicted molar refractivity (Wildman–Crippen MR) is 84.7 cm³/mol. The SMILES string of the molecule is CNC1CCN(CCc2cccc3ccc(=O)oc23)CC1. The maximum Gasteiger partial charge on any atom is 0.336 e. The zero-order chi connectivity index (χ0) is 14.7. The Morgan fingerprint density at radius 3 is 2.81 bits per heavy atom. The second-order valence-corrected chi connectivity index (χ2v) is 5.74. The second-order valence-electron chi connectivity index (χ2n) is 5.74. The van der Waals surface area contributed by atoms with Gasteiger partial charge < -0.3 is 14.6 Å². The van der Waals surface area contributed by atoms with Crippen LogP contribution in [0.5, 0.6) is 0 Å². The number of benzene rings is 1. The van der Waals surface area contributed by atoms with Gasteiger partial charge in [-0.05, 0) is 51.0 Å². The van der Waals surface area contributed by atoms with Crippen LogP contribution >= 0.6 is 0 Å². The third kappa shape index (κ3) is 3.34. The van der Waals surface area contributed by atoms with E-state index in [1.54, 1.807) is 0 Å². The molecule has 0 atom stereocenters. The van der Waals surface area contributed by atoms with E-state index in [-0.39, 0.29) is 5.63 Å². The topological polar surface area (TPSA) is 45.5 Å². The number of rotatable bonds is 4. The molecule has 112 valence electrons. The van der Waals surface area contributed by atoms with Gasteiger partial charge in [-0.25, -0.2) is 4.79 Å². The standard InChI is InChI=1S/C17H22N2O2/c1-18-15-8-11-19(12-9-15)10-7-14-4-2-3-13-5-6-16(20)21-17(13)14/h2-6,15,18H,7-12H2,1H3. The summed E-state index contributed by atoms with van der Waals surface area (Å²) in [7, 11) is 2.04. The number of hydrogen-bond acceptors (Lipinski definition) is 4. The van der Waals surface area contributed by atoms with Gasteiger partial charge in [-0.1, -0.05) is 18.2 Å². The highest BCUT2D eigenvalue weighted by Crippen LogP contribution is 2.18. The molecule has 1 saturated heterocycles. The lowest BCUT2D eigenvalue weighted by Gasteiger charge is -2.31. The summed E-state index contributed by atoms with van der Waals surface area (Å²) in [6.45, 7) is 3.30. The molecule has 4 heteroatoms. The predicted octanol–water partition coefficient (Wildman–Crippen LogP) is 2.02. The van der Waals surface area contributed by atoms with E-state index in [9.17, 15) is 4.79 Å². The van der Waals surface area contributed by atoms with Gasteiger partial charge in [0.2, 0.25) is 0 Å². The van der Waals surface area contributed by atoms with Crippen molar-refractivity contribution in [1.29, 1.82) is 0 Å². The van der Waals surface area contributed by atoms with Crippen molar-refractivity contribution in [2.75, 3.05) is 26.7 Å². The highest BCUT2D eigenvalue weighted by Gasteiger charge is 2.17. The molecule has 0 amide bonds. The van der Waals surface area contributed by atoms with Crippen molar-refractivity contribution in [3.63, 3.8) is 0 Å². The van der Waals surface area contributed by atoms with Gasteiger partial charge in [0.1, 0.15) is 5.58 Å². The molecule has 1 aliphatic rings. The fourth-order valence-electron chi connectivity index (χ4n) is 3.07. The molecule has 0 radical (unpaired) electrons. The van der Waals surface area contributed by atoms with Crippen LogP contribution in [-0.2, 0) is 6.42 Å². The number of fused-ring (bicyclic) bond motifs is 1. The quantitative estimate of drug-likeness (QED) is 0.874. The van der Waals surface area contributed by atoms with Crippen molar-refractivity contribution in [2.24, 2.45) is 0 Å². The summed E-state index contributed by atoms with van der Waals surface area (Å²) in [4.78, 5) is 13.9. The fourth-order valence-corrected chi connectivity index (χ4v) is 3.07. The fraction of sp³-hybridized carbons (Fsp3) is 0.471. The zero-order valence-corrected chi connectivity index (χ0v) is 12.5. The van der Waals surface area contributed by atoms with Crippen molar-refractivity contribution >= 4 is 11.0 Å². The summed E-state index contributed by atoms with van der Waals surface area (Å²) in [6, 6.07) is 10.1. The first-order valence-corrected chi connectivity index (χ1v) is 7.67.